The van der Waals surface area contributed by atoms with Gasteiger partial charge in [0.05, 0.1) is 0 Å². The Morgan fingerprint density at radius 2 is 1.83 bits per heavy atom. The maximum absolute atomic E-state index is 12.8. The van der Waals surface area contributed by atoms with Crippen LogP contribution in [0.5, 0.6) is 0 Å². The fraction of sp³-hybridized carbons (Fsp3) is 0.727. The topological polar surface area (TPSA) is 74.5 Å². The van der Waals surface area contributed by atoms with Gasteiger partial charge in [0, 0.05) is 56.9 Å². The molecule has 3 atom stereocenters. The van der Waals surface area contributed by atoms with Crippen molar-refractivity contribution < 1.29 is 4.79 Å². The number of fused-ring (bicyclic) bond motifs is 2. The van der Waals surface area contributed by atoms with Crippen LogP contribution in [0.1, 0.15) is 39.0 Å². The minimum atomic E-state index is 0. The lowest BCUT2D eigenvalue weighted by Gasteiger charge is -2.43. The molecule has 170 valence electrons. The average Bonchev–Trinajstić information content (AvgIpc) is 2.69. The Morgan fingerprint density at radius 3 is 2.43 bits per heavy atom. The maximum atomic E-state index is 12.8. The summed E-state index contributed by atoms with van der Waals surface area (Å²) in [4.78, 5) is 22.1. The first-order valence-electron chi connectivity index (χ1n) is 11.0. The second-order valence-corrected chi connectivity index (χ2v) is 9.08. The third-order valence-electron chi connectivity index (χ3n) is 7.05. The summed E-state index contributed by atoms with van der Waals surface area (Å²) in [5, 5.41) is 3.30. The van der Waals surface area contributed by atoms with Gasteiger partial charge in [-0.05, 0) is 56.6 Å². The van der Waals surface area contributed by atoms with E-state index in [4.69, 9.17) is 5.73 Å². The molecule has 1 amide bonds. The molecule has 8 heteroatoms. The first kappa shape index (κ1) is 25.2. The molecule has 3 fully saturated rings. The smallest absolute Gasteiger partial charge is 0.223 e. The minimum Gasteiger partial charge on any atom is -0.354 e. The Morgan fingerprint density at radius 1 is 1.17 bits per heavy atom. The van der Waals surface area contributed by atoms with Crippen molar-refractivity contribution in [2.24, 2.45) is 23.5 Å². The second kappa shape index (κ2) is 11.5. The minimum absolute atomic E-state index is 0. The van der Waals surface area contributed by atoms with E-state index in [0.717, 1.165) is 51.4 Å². The summed E-state index contributed by atoms with van der Waals surface area (Å²) in [6.07, 6.45) is 7.52. The number of rotatable bonds is 5. The van der Waals surface area contributed by atoms with Gasteiger partial charge in [0.15, 0.2) is 0 Å². The van der Waals surface area contributed by atoms with Crippen LogP contribution >= 0.6 is 24.8 Å². The summed E-state index contributed by atoms with van der Waals surface area (Å²) < 4.78 is 0. The maximum Gasteiger partial charge on any atom is 0.223 e. The molecule has 2 bridgehead atoms. The van der Waals surface area contributed by atoms with Gasteiger partial charge in [-0.15, -0.1) is 24.8 Å². The number of hydrogen-bond acceptors (Lipinski definition) is 5. The number of carbonyl (C=O) groups excluding carboxylic acids is 1. The van der Waals surface area contributed by atoms with Crippen molar-refractivity contribution >= 4 is 36.5 Å². The lowest BCUT2D eigenvalue weighted by molar-refractivity contribution is -0.128. The number of nitrogens with zero attached hydrogens (tertiary/aromatic N) is 3. The van der Waals surface area contributed by atoms with Gasteiger partial charge in [-0.3, -0.25) is 9.69 Å². The van der Waals surface area contributed by atoms with Crippen molar-refractivity contribution in [3.8, 4) is 0 Å². The fourth-order valence-electron chi connectivity index (χ4n) is 5.50. The van der Waals surface area contributed by atoms with Crippen molar-refractivity contribution in [2.75, 3.05) is 37.6 Å². The van der Waals surface area contributed by atoms with Crippen LogP contribution in [-0.2, 0) is 4.79 Å². The van der Waals surface area contributed by atoms with Gasteiger partial charge < -0.3 is 16.0 Å². The molecular weight excluding hydrogens is 421 g/mol. The summed E-state index contributed by atoms with van der Waals surface area (Å²) in [5.74, 6) is 2.59. The summed E-state index contributed by atoms with van der Waals surface area (Å²) >= 11 is 0. The van der Waals surface area contributed by atoms with E-state index < -0.39 is 0 Å². The van der Waals surface area contributed by atoms with Crippen LogP contribution in [-0.4, -0.2) is 60.6 Å². The molecule has 2 heterocycles. The van der Waals surface area contributed by atoms with Gasteiger partial charge in [0.25, 0.3) is 0 Å². The molecule has 2 saturated carbocycles. The third kappa shape index (κ3) is 6.00. The van der Waals surface area contributed by atoms with E-state index in [1.165, 1.54) is 19.3 Å². The van der Waals surface area contributed by atoms with Crippen LogP contribution in [0.25, 0.3) is 0 Å². The monoisotopic (exact) mass is 457 g/mol. The highest BCUT2D eigenvalue weighted by atomic mass is 35.5. The molecule has 3 N–H and O–H groups in total. The van der Waals surface area contributed by atoms with Crippen molar-refractivity contribution in [3.63, 3.8) is 0 Å². The van der Waals surface area contributed by atoms with Crippen LogP contribution in [0.3, 0.4) is 0 Å². The average molecular weight is 458 g/mol. The van der Waals surface area contributed by atoms with E-state index >= 15 is 0 Å². The van der Waals surface area contributed by atoms with Gasteiger partial charge in [-0.2, -0.15) is 0 Å². The molecule has 4 rings (SSSR count). The Balaban J connectivity index is 0.00000160. The predicted molar refractivity (Wildman–Crippen MR) is 127 cm³/mol. The van der Waals surface area contributed by atoms with Crippen molar-refractivity contribution in [2.45, 2.75) is 51.1 Å². The van der Waals surface area contributed by atoms with Gasteiger partial charge in [-0.25, -0.2) is 4.98 Å². The van der Waals surface area contributed by atoms with Gasteiger partial charge in [-0.1, -0.05) is 12.5 Å². The fourth-order valence-corrected chi connectivity index (χ4v) is 5.50. The lowest BCUT2D eigenvalue weighted by Crippen LogP contribution is -2.53. The van der Waals surface area contributed by atoms with E-state index in [1.54, 1.807) is 0 Å². The third-order valence-corrected chi connectivity index (χ3v) is 7.05. The number of nitrogens with one attached hydrogen (secondary N) is 1. The zero-order valence-electron chi connectivity index (χ0n) is 17.9. The van der Waals surface area contributed by atoms with E-state index in [-0.39, 0.29) is 42.7 Å². The van der Waals surface area contributed by atoms with E-state index in [2.05, 4.69) is 33.1 Å². The number of halogens is 2. The number of anilines is 1. The van der Waals surface area contributed by atoms with Crippen molar-refractivity contribution in [1.82, 2.24) is 15.2 Å². The van der Waals surface area contributed by atoms with Crippen LogP contribution in [0, 0.1) is 17.8 Å². The van der Waals surface area contributed by atoms with Crippen molar-refractivity contribution in [3.05, 3.63) is 24.4 Å². The Kier molecular flexibility index (Phi) is 9.67. The van der Waals surface area contributed by atoms with E-state index in [1.807, 2.05) is 18.3 Å². The largest absolute Gasteiger partial charge is 0.354 e. The SMILES string of the molecule is CC(CN1CCN(c2ccccn2)CC1)NC(=O)C1CC2CCCC(C1)C2N.Cl.Cl. The van der Waals surface area contributed by atoms with E-state index in [9.17, 15) is 4.79 Å². The predicted octanol–water partition coefficient (Wildman–Crippen LogP) is 2.71. The van der Waals surface area contributed by atoms with Gasteiger partial charge in [0.2, 0.25) is 5.91 Å². The molecule has 6 nitrogen and oxygen atoms in total. The highest BCUT2D eigenvalue weighted by Crippen LogP contribution is 2.41. The summed E-state index contributed by atoms with van der Waals surface area (Å²) in [6, 6.07) is 6.58. The van der Waals surface area contributed by atoms with Crippen molar-refractivity contribution in [1.29, 1.82) is 0 Å². The number of carbonyl (C=O) groups is 1. The number of piperazine rings is 1. The lowest BCUT2D eigenvalue weighted by atomic mass is 9.65. The summed E-state index contributed by atoms with van der Waals surface area (Å²) in [6.45, 7) is 7.06. The molecule has 0 radical (unpaired) electrons. The first-order chi connectivity index (χ1) is 13.6. The Hall–Kier alpha value is -1.08. The van der Waals surface area contributed by atoms with Gasteiger partial charge in [0.1, 0.15) is 5.82 Å². The molecule has 1 aromatic rings. The number of nitrogens with two attached hydrogens (primary N) is 1. The molecule has 1 saturated heterocycles. The molecule has 2 aliphatic carbocycles. The molecule has 0 aromatic carbocycles. The quantitative estimate of drug-likeness (QED) is 0.710. The van der Waals surface area contributed by atoms with Crippen LogP contribution in [0.15, 0.2) is 24.4 Å². The summed E-state index contributed by atoms with van der Waals surface area (Å²) in [5.41, 5.74) is 6.38. The standard InChI is InChI=1S/C22H35N5O.2ClH/c1-16(15-26-9-11-27(12-10-26)20-7-2-3-8-24-20)25-22(28)19-13-17-5-4-6-18(14-19)21(17)23;;/h2-3,7-8,16-19,21H,4-6,9-15,23H2,1H3,(H,25,28);2*1H. The van der Waals surface area contributed by atoms with Gasteiger partial charge >= 0.3 is 0 Å². The molecule has 0 spiro atoms. The normalized spacial score (nSPS) is 29.9. The summed E-state index contributed by atoms with van der Waals surface area (Å²) in [7, 11) is 0. The number of pyridine rings is 1. The highest BCUT2D eigenvalue weighted by molar-refractivity contribution is 5.85. The molecule has 3 aliphatic rings. The number of hydrogen-bond donors (Lipinski definition) is 2. The molecule has 1 aromatic heterocycles. The van der Waals surface area contributed by atoms with Crippen LogP contribution < -0.4 is 16.0 Å². The number of aromatic nitrogens is 1. The highest BCUT2D eigenvalue weighted by Gasteiger charge is 2.40. The zero-order valence-corrected chi connectivity index (χ0v) is 19.5. The second-order valence-electron chi connectivity index (χ2n) is 9.08. The molecular formula is C22H37Cl2N5O. The molecule has 30 heavy (non-hydrogen) atoms. The molecule has 3 unspecified atom stereocenters. The van der Waals surface area contributed by atoms with Crippen LogP contribution in [0.4, 0.5) is 5.82 Å². The zero-order chi connectivity index (χ0) is 19.5. The van der Waals surface area contributed by atoms with E-state index in [0.29, 0.717) is 17.9 Å². The van der Waals surface area contributed by atoms with Crippen LogP contribution in [0.2, 0.25) is 0 Å². The number of amides is 1. The first-order valence-corrected chi connectivity index (χ1v) is 11.0. The molecule has 1 aliphatic heterocycles. The Bertz CT molecular complexity index is 642. The Labute approximate surface area is 193 Å².